The van der Waals surface area contributed by atoms with Crippen LogP contribution in [0, 0.1) is 19.7 Å². The molecule has 17 heavy (non-hydrogen) atoms. The van der Waals surface area contributed by atoms with Gasteiger partial charge < -0.3 is 0 Å². The first-order valence-corrected chi connectivity index (χ1v) is 6.30. The first-order valence-electron chi connectivity index (χ1n) is 5.13. The number of hydrogen-bond acceptors (Lipinski definition) is 1. The molecule has 0 radical (unpaired) electrons. The van der Waals surface area contributed by atoms with E-state index in [1.807, 2.05) is 13.8 Å². The van der Waals surface area contributed by atoms with Gasteiger partial charge in [0.1, 0.15) is 5.82 Å². The Bertz CT molecular complexity index is 546. The van der Waals surface area contributed by atoms with Gasteiger partial charge in [0.05, 0.1) is 22.4 Å². The average molecular weight is 318 g/mol. The van der Waals surface area contributed by atoms with Gasteiger partial charge in [0.25, 0.3) is 0 Å². The third-order valence-electron chi connectivity index (χ3n) is 2.66. The van der Waals surface area contributed by atoms with Crippen molar-refractivity contribution in [2.24, 2.45) is 0 Å². The number of aromatic nitrogens is 2. The van der Waals surface area contributed by atoms with E-state index in [0.717, 1.165) is 15.9 Å². The molecule has 0 amide bonds. The van der Waals surface area contributed by atoms with Crippen LogP contribution in [-0.4, -0.2) is 9.78 Å². The maximum absolute atomic E-state index is 13.6. The Kier molecular flexibility index (Phi) is 3.54. The topological polar surface area (TPSA) is 17.8 Å². The second kappa shape index (κ2) is 4.78. The van der Waals surface area contributed by atoms with E-state index in [2.05, 4.69) is 21.0 Å². The first-order chi connectivity index (χ1) is 8.00. The Balaban J connectivity index is 2.41. The molecular weight excluding hydrogens is 307 g/mol. The minimum absolute atomic E-state index is 0.304. The SMILES string of the molecule is Cc1nn(Cc2c(F)cccc2Cl)c(C)c1Br. The van der Waals surface area contributed by atoms with Crippen molar-refractivity contribution >= 4 is 27.5 Å². The van der Waals surface area contributed by atoms with Crippen LogP contribution in [0.15, 0.2) is 22.7 Å². The molecule has 2 nitrogen and oxygen atoms in total. The van der Waals surface area contributed by atoms with Crippen LogP contribution < -0.4 is 0 Å². The van der Waals surface area contributed by atoms with Crippen LogP contribution in [0.4, 0.5) is 4.39 Å². The quantitative estimate of drug-likeness (QED) is 0.815. The molecule has 0 atom stereocenters. The zero-order chi connectivity index (χ0) is 12.6. The Labute approximate surface area is 113 Å². The maximum atomic E-state index is 13.6. The second-order valence-corrected chi connectivity index (χ2v) is 5.04. The summed E-state index contributed by atoms with van der Waals surface area (Å²) in [6.45, 7) is 4.17. The molecule has 0 bridgehead atoms. The zero-order valence-corrected chi connectivity index (χ0v) is 11.8. The van der Waals surface area contributed by atoms with Gasteiger partial charge in [-0.3, -0.25) is 4.68 Å². The van der Waals surface area contributed by atoms with Crippen LogP contribution in [0.25, 0.3) is 0 Å². The zero-order valence-electron chi connectivity index (χ0n) is 9.47. The number of aryl methyl sites for hydroxylation is 1. The van der Waals surface area contributed by atoms with Crippen LogP contribution in [0.5, 0.6) is 0 Å². The maximum Gasteiger partial charge on any atom is 0.129 e. The van der Waals surface area contributed by atoms with Gasteiger partial charge in [-0.2, -0.15) is 5.10 Å². The predicted octanol–water partition coefficient (Wildman–Crippen LogP) is 4.10. The Hall–Kier alpha value is -0.870. The Morgan fingerprint density at radius 1 is 1.41 bits per heavy atom. The summed E-state index contributed by atoms with van der Waals surface area (Å²) in [4.78, 5) is 0. The molecule has 5 heteroatoms. The molecule has 90 valence electrons. The second-order valence-electron chi connectivity index (χ2n) is 3.84. The molecule has 2 aromatic rings. The monoisotopic (exact) mass is 316 g/mol. The minimum Gasteiger partial charge on any atom is -0.264 e. The van der Waals surface area contributed by atoms with Crippen molar-refractivity contribution in [3.8, 4) is 0 Å². The Morgan fingerprint density at radius 3 is 2.65 bits per heavy atom. The summed E-state index contributed by atoms with van der Waals surface area (Å²) in [6, 6.07) is 4.68. The Morgan fingerprint density at radius 2 is 2.12 bits per heavy atom. The highest BCUT2D eigenvalue weighted by molar-refractivity contribution is 9.10. The van der Waals surface area contributed by atoms with Crippen molar-refractivity contribution in [1.82, 2.24) is 9.78 Å². The fourth-order valence-electron chi connectivity index (χ4n) is 1.66. The van der Waals surface area contributed by atoms with E-state index >= 15 is 0 Å². The van der Waals surface area contributed by atoms with Crippen molar-refractivity contribution in [2.45, 2.75) is 20.4 Å². The standard InChI is InChI=1S/C12H11BrClFN2/c1-7-12(13)8(2)17(16-7)6-9-10(14)4-3-5-11(9)15/h3-5H,6H2,1-2H3. The highest BCUT2D eigenvalue weighted by Gasteiger charge is 2.12. The lowest BCUT2D eigenvalue weighted by molar-refractivity contribution is 0.579. The van der Waals surface area contributed by atoms with Gasteiger partial charge in [0.2, 0.25) is 0 Å². The summed E-state index contributed by atoms with van der Waals surface area (Å²) in [6.07, 6.45) is 0. The number of hydrogen-bond donors (Lipinski definition) is 0. The molecule has 2 rings (SSSR count). The molecule has 0 N–H and O–H groups in total. The van der Waals surface area contributed by atoms with Crippen molar-refractivity contribution < 1.29 is 4.39 Å². The summed E-state index contributed by atoms with van der Waals surface area (Å²) >= 11 is 9.43. The van der Waals surface area contributed by atoms with Gasteiger partial charge in [-0.25, -0.2) is 4.39 Å². The fourth-order valence-corrected chi connectivity index (χ4v) is 2.17. The third-order valence-corrected chi connectivity index (χ3v) is 4.16. The highest BCUT2D eigenvalue weighted by atomic mass is 79.9. The lowest BCUT2D eigenvalue weighted by Gasteiger charge is -2.07. The van der Waals surface area contributed by atoms with Crippen LogP contribution in [-0.2, 0) is 6.54 Å². The summed E-state index contributed by atoms with van der Waals surface area (Å²) in [5.74, 6) is -0.304. The van der Waals surface area contributed by atoms with Crippen molar-refractivity contribution in [2.75, 3.05) is 0 Å². The molecule has 0 aliphatic heterocycles. The molecule has 0 aliphatic carbocycles. The number of benzene rings is 1. The number of rotatable bonds is 2. The summed E-state index contributed by atoms with van der Waals surface area (Å²) in [5.41, 5.74) is 2.31. The fraction of sp³-hybridized carbons (Fsp3) is 0.250. The van der Waals surface area contributed by atoms with E-state index < -0.39 is 0 Å². The van der Waals surface area contributed by atoms with Gasteiger partial charge in [-0.05, 0) is 41.9 Å². The predicted molar refractivity (Wildman–Crippen MR) is 69.9 cm³/mol. The van der Waals surface area contributed by atoms with E-state index in [1.54, 1.807) is 16.8 Å². The first kappa shape index (κ1) is 12.6. The van der Waals surface area contributed by atoms with E-state index in [0.29, 0.717) is 17.1 Å². The van der Waals surface area contributed by atoms with Crippen molar-refractivity contribution in [1.29, 1.82) is 0 Å². The number of halogens is 3. The molecular formula is C12H11BrClFN2. The molecule has 1 aromatic carbocycles. The molecule has 0 spiro atoms. The van der Waals surface area contributed by atoms with E-state index in [9.17, 15) is 4.39 Å². The molecule has 0 unspecified atom stereocenters. The van der Waals surface area contributed by atoms with Crippen molar-refractivity contribution in [3.05, 3.63) is 50.5 Å². The summed E-state index contributed by atoms with van der Waals surface area (Å²) < 4.78 is 16.3. The van der Waals surface area contributed by atoms with E-state index in [-0.39, 0.29) is 5.82 Å². The van der Waals surface area contributed by atoms with Crippen molar-refractivity contribution in [3.63, 3.8) is 0 Å². The number of nitrogens with zero attached hydrogens (tertiary/aromatic N) is 2. The van der Waals surface area contributed by atoms with Crippen LogP contribution in [0.3, 0.4) is 0 Å². The average Bonchev–Trinajstić information content (AvgIpc) is 2.52. The van der Waals surface area contributed by atoms with Gasteiger partial charge >= 0.3 is 0 Å². The van der Waals surface area contributed by atoms with Gasteiger partial charge in [0, 0.05) is 10.6 Å². The molecule has 0 saturated heterocycles. The lowest BCUT2D eigenvalue weighted by atomic mass is 10.2. The smallest absolute Gasteiger partial charge is 0.129 e. The van der Waals surface area contributed by atoms with Gasteiger partial charge in [-0.1, -0.05) is 17.7 Å². The van der Waals surface area contributed by atoms with Gasteiger partial charge in [0.15, 0.2) is 0 Å². The van der Waals surface area contributed by atoms with Crippen LogP contribution in [0.1, 0.15) is 17.0 Å². The minimum atomic E-state index is -0.304. The third kappa shape index (κ3) is 2.38. The van der Waals surface area contributed by atoms with E-state index in [4.69, 9.17) is 11.6 Å². The largest absolute Gasteiger partial charge is 0.264 e. The molecule has 0 aliphatic rings. The molecule has 0 fully saturated rings. The van der Waals surface area contributed by atoms with Crippen LogP contribution in [0.2, 0.25) is 5.02 Å². The molecule has 1 heterocycles. The van der Waals surface area contributed by atoms with Crippen LogP contribution >= 0.6 is 27.5 Å². The normalized spacial score (nSPS) is 10.9. The summed E-state index contributed by atoms with van der Waals surface area (Å²) in [5, 5.41) is 4.76. The molecule has 1 aromatic heterocycles. The molecule has 0 saturated carbocycles. The van der Waals surface area contributed by atoms with Gasteiger partial charge in [-0.15, -0.1) is 0 Å². The lowest BCUT2D eigenvalue weighted by Crippen LogP contribution is -2.06. The summed E-state index contributed by atoms with van der Waals surface area (Å²) in [7, 11) is 0. The highest BCUT2D eigenvalue weighted by Crippen LogP contribution is 2.24. The van der Waals surface area contributed by atoms with E-state index in [1.165, 1.54) is 6.07 Å².